The highest BCUT2D eigenvalue weighted by atomic mass is 16.4. The third-order valence-corrected chi connectivity index (χ3v) is 3.44. The summed E-state index contributed by atoms with van der Waals surface area (Å²) in [4.78, 5) is 34.7. The molecule has 1 aromatic rings. The average Bonchev–Trinajstić information content (AvgIpc) is 2.49. The average molecular weight is 334 g/mol. The van der Waals surface area contributed by atoms with Gasteiger partial charge in [-0.05, 0) is 30.4 Å². The van der Waals surface area contributed by atoms with Crippen LogP contribution in [0.15, 0.2) is 24.3 Å². The maximum absolute atomic E-state index is 11.9. The number of amides is 2. The number of carbonyl (C=O) groups excluding carboxylic acids is 2. The molecule has 0 aliphatic heterocycles. The summed E-state index contributed by atoms with van der Waals surface area (Å²) in [6.07, 6.45) is 2.00. The van der Waals surface area contributed by atoms with Gasteiger partial charge in [0.05, 0.1) is 11.3 Å². The zero-order chi connectivity index (χ0) is 18.2. The minimum atomic E-state index is -1.11. The summed E-state index contributed by atoms with van der Waals surface area (Å²) in [7, 11) is 0. The van der Waals surface area contributed by atoms with E-state index in [0.717, 1.165) is 12.8 Å². The fourth-order valence-corrected chi connectivity index (χ4v) is 2.15. The van der Waals surface area contributed by atoms with Crippen molar-refractivity contribution in [3.63, 3.8) is 0 Å². The van der Waals surface area contributed by atoms with Crippen LogP contribution in [0.4, 0.5) is 5.69 Å². The van der Waals surface area contributed by atoms with Gasteiger partial charge in [0.1, 0.15) is 0 Å². The van der Waals surface area contributed by atoms with Crippen LogP contribution >= 0.6 is 0 Å². The lowest BCUT2D eigenvalue weighted by molar-refractivity contribution is -0.124. The van der Waals surface area contributed by atoms with Crippen LogP contribution < -0.4 is 10.6 Å². The van der Waals surface area contributed by atoms with Crippen molar-refractivity contribution in [3.8, 4) is 0 Å². The lowest BCUT2D eigenvalue weighted by atomic mass is 9.91. The highest BCUT2D eigenvalue weighted by molar-refractivity contribution is 6.01. The van der Waals surface area contributed by atoms with Crippen molar-refractivity contribution >= 4 is 23.5 Å². The molecule has 0 aromatic heterocycles. The van der Waals surface area contributed by atoms with Crippen LogP contribution in [0.25, 0.3) is 0 Å². The number of carboxylic acid groups (broad SMARTS) is 1. The Morgan fingerprint density at radius 2 is 1.67 bits per heavy atom. The van der Waals surface area contributed by atoms with Crippen molar-refractivity contribution in [1.29, 1.82) is 0 Å². The van der Waals surface area contributed by atoms with Crippen LogP contribution in [-0.2, 0) is 9.59 Å². The Kier molecular flexibility index (Phi) is 7.42. The van der Waals surface area contributed by atoms with Crippen molar-refractivity contribution in [3.05, 3.63) is 29.8 Å². The maximum Gasteiger partial charge on any atom is 0.337 e. The molecule has 0 radical (unpaired) electrons. The second-order valence-electron chi connectivity index (χ2n) is 6.91. The van der Waals surface area contributed by atoms with Gasteiger partial charge in [0.2, 0.25) is 11.8 Å². The second kappa shape index (κ2) is 9.05. The summed E-state index contributed by atoms with van der Waals surface area (Å²) < 4.78 is 0. The summed E-state index contributed by atoms with van der Waals surface area (Å²) in [5, 5.41) is 14.4. The van der Waals surface area contributed by atoms with Gasteiger partial charge in [-0.2, -0.15) is 0 Å². The van der Waals surface area contributed by atoms with Crippen LogP contribution in [0.2, 0.25) is 0 Å². The molecule has 24 heavy (non-hydrogen) atoms. The van der Waals surface area contributed by atoms with E-state index in [0.29, 0.717) is 6.54 Å². The Morgan fingerprint density at radius 1 is 1.04 bits per heavy atom. The number of carbonyl (C=O) groups is 3. The quantitative estimate of drug-likeness (QED) is 0.637. The number of rotatable bonds is 8. The molecule has 0 atom stereocenters. The first-order valence-electron chi connectivity index (χ1n) is 8.08. The first kappa shape index (κ1) is 19.7. The van der Waals surface area contributed by atoms with E-state index < -0.39 is 5.97 Å². The predicted octanol–water partition coefficient (Wildman–Crippen LogP) is 3.05. The normalized spacial score (nSPS) is 11.0. The van der Waals surface area contributed by atoms with E-state index in [1.165, 1.54) is 12.1 Å². The molecule has 2 amide bonds. The number of hydrogen-bond acceptors (Lipinski definition) is 3. The number of aromatic carboxylic acids is 1. The van der Waals surface area contributed by atoms with E-state index in [9.17, 15) is 14.4 Å². The van der Waals surface area contributed by atoms with Gasteiger partial charge >= 0.3 is 5.97 Å². The standard InChI is InChI=1S/C18H26N2O4/c1-18(2,3)11-6-12-19-15(21)9-10-16(22)20-14-8-5-4-7-13(14)17(23)24/h4-5,7-8H,6,9-12H2,1-3H3,(H,19,21)(H,20,22)(H,23,24). The van der Waals surface area contributed by atoms with Gasteiger partial charge in [-0.25, -0.2) is 4.79 Å². The third-order valence-electron chi connectivity index (χ3n) is 3.44. The Bertz CT molecular complexity index is 591. The molecule has 0 heterocycles. The molecule has 6 heteroatoms. The molecule has 0 spiro atoms. The fourth-order valence-electron chi connectivity index (χ4n) is 2.15. The molecular formula is C18H26N2O4. The molecule has 1 aromatic carbocycles. The number of benzene rings is 1. The van der Waals surface area contributed by atoms with Crippen LogP contribution in [0, 0.1) is 5.41 Å². The number of para-hydroxylation sites is 1. The Morgan fingerprint density at radius 3 is 2.29 bits per heavy atom. The summed E-state index contributed by atoms with van der Waals surface area (Å²) in [6, 6.07) is 6.17. The van der Waals surface area contributed by atoms with Gasteiger partial charge in [-0.15, -0.1) is 0 Å². The van der Waals surface area contributed by atoms with Crippen molar-refractivity contribution in [1.82, 2.24) is 5.32 Å². The van der Waals surface area contributed by atoms with Gasteiger partial charge < -0.3 is 15.7 Å². The molecule has 132 valence electrons. The number of nitrogens with one attached hydrogen (secondary N) is 2. The van der Waals surface area contributed by atoms with E-state index >= 15 is 0 Å². The van der Waals surface area contributed by atoms with E-state index in [1.807, 2.05) is 0 Å². The highest BCUT2D eigenvalue weighted by Gasteiger charge is 2.13. The lowest BCUT2D eigenvalue weighted by Crippen LogP contribution is -2.26. The molecular weight excluding hydrogens is 308 g/mol. The van der Waals surface area contributed by atoms with Crippen molar-refractivity contribution in [2.75, 3.05) is 11.9 Å². The topological polar surface area (TPSA) is 95.5 Å². The Balaban J connectivity index is 2.34. The SMILES string of the molecule is CC(C)(C)CCCNC(=O)CCC(=O)Nc1ccccc1C(=O)O. The first-order chi connectivity index (χ1) is 11.2. The van der Waals surface area contributed by atoms with Crippen LogP contribution in [-0.4, -0.2) is 29.4 Å². The van der Waals surface area contributed by atoms with Crippen LogP contribution in [0.5, 0.6) is 0 Å². The molecule has 0 unspecified atom stereocenters. The van der Waals surface area contributed by atoms with Gasteiger partial charge in [0.25, 0.3) is 0 Å². The highest BCUT2D eigenvalue weighted by Crippen LogP contribution is 2.19. The van der Waals surface area contributed by atoms with Crippen molar-refractivity contribution in [2.45, 2.75) is 46.5 Å². The third kappa shape index (κ3) is 7.76. The van der Waals surface area contributed by atoms with Crippen LogP contribution in [0.1, 0.15) is 56.8 Å². The molecule has 6 nitrogen and oxygen atoms in total. The van der Waals surface area contributed by atoms with Crippen LogP contribution in [0.3, 0.4) is 0 Å². The molecule has 0 aliphatic carbocycles. The molecule has 0 fully saturated rings. The second-order valence-corrected chi connectivity index (χ2v) is 6.91. The smallest absolute Gasteiger partial charge is 0.337 e. The lowest BCUT2D eigenvalue weighted by Gasteiger charge is -2.17. The summed E-state index contributed by atoms with van der Waals surface area (Å²) in [5.74, 6) is -1.67. The molecule has 0 aliphatic rings. The summed E-state index contributed by atoms with van der Waals surface area (Å²) in [5.41, 5.74) is 0.500. The van der Waals surface area contributed by atoms with Gasteiger partial charge in [0.15, 0.2) is 0 Å². The van der Waals surface area contributed by atoms with Crippen molar-refractivity contribution in [2.24, 2.45) is 5.41 Å². The number of anilines is 1. The van der Waals surface area contributed by atoms with E-state index in [4.69, 9.17) is 5.11 Å². The van der Waals surface area contributed by atoms with Crippen molar-refractivity contribution < 1.29 is 19.5 Å². The molecule has 0 bridgehead atoms. The Hall–Kier alpha value is -2.37. The van der Waals surface area contributed by atoms with Gasteiger partial charge in [-0.3, -0.25) is 9.59 Å². The monoisotopic (exact) mass is 334 g/mol. The first-order valence-corrected chi connectivity index (χ1v) is 8.08. The van der Waals surface area contributed by atoms with Gasteiger partial charge in [-0.1, -0.05) is 32.9 Å². The minimum absolute atomic E-state index is 0.0130. The maximum atomic E-state index is 11.9. The fraction of sp³-hybridized carbons (Fsp3) is 0.500. The Labute approximate surface area is 142 Å². The zero-order valence-corrected chi connectivity index (χ0v) is 14.5. The summed E-state index contributed by atoms with van der Waals surface area (Å²) in [6.45, 7) is 7.04. The minimum Gasteiger partial charge on any atom is -0.478 e. The largest absolute Gasteiger partial charge is 0.478 e. The predicted molar refractivity (Wildman–Crippen MR) is 93.0 cm³/mol. The van der Waals surface area contributed by atoms with E-state index in [-0.39, 0.29) is 41.3 Å². The number of carboxylic acids is 1. The van der Waals surface area contributed by atoms with E-state index in [2.05, 4.69) is 31.4 Å². The zero-order valence-electron chi connectivity index (χ0n) is 14.5. The van der Waals surface area contributed by atoms with E-state index in [1.54, 1.807) is 12.1 Å². The molecule has 0 saturated heterocycles. The molecule has 0 saturated carbocycles. The van der Waals surface area contributed by atoms with Gasteiger partial charge in [0, 0.05) is 19.4 Å². The molecule has 3 N–H and O–H groups in total. The molecule has 1 rings (SSSR count). The number of hydrogen-bond donors (Lipinski definition) is 3. The summed E-state index contributed by atoms with van der Waals surface area (Å²) >= 11 is 0.